The highest BCUT2D eigenvalue weighted by Gasteiger charge is 2.13. The first kappa shape index (κ1) is 26.1. The van der Waals surface area contributed by atoms with E-state index < -0.39 is 18.5 Å². The molecule has 188 valence electrons. The van der Waals surface area contributed by atoms with Crippen molar-refractivity contribution in [1.82, 2.24) is 0 Å². The van der Waals surface area contributed by atoms with Crippen LogP contribution in [0.25, 0.3) is 0 Å². The number of methoxy groups -OCH3 is 2. The molecule has 0 aliphatic rings. The van der Waals surface area contributed by atoms with Gasteiger partial charge in [-0.2, -0.15) is 0 Å². The summed E-state index contributed by atoms with van der Waals surface area (Å²) in [5, 5.41) is 5.31. The van der Waals surface area contributed by atoms with Crippen LogP contribution in [0.4, 0.5) is 11.4 Å². The van der Waals surface area contributed by atoms with Crippen LogP contribution in [-0.2, 0) is 19.1 Å². The van der Waals surface area contributed by atoms with Gasteiger partial charge in [0.05, 0.1) is 26.3 Å². The maximum absolute atomic E-state index is 12.2. The van der Waals surface area contributed by atoms with Crippen molar-refractivity contribution in [2.24, 2.45) is 0 Å². The lowest BCUT2D eigenvalue weighted by Gasteiger charge is -2.12. The molecule has 0 unspecified atom stereocenters. The third-order valence-electron chi connectivity index (χ3n) is 5.06. The summed E-state index contributed by atoms with van der Waals surface area (Å²) in [6.07, 6.45) is -0.262. The normalized spacial score (nSPS) is 10.2. The first-order chi connectivity index (χ1) is 17.4. The molecule has 0 aliphatic heterocycles. The van der Waals surface area contributed by atoms with E-state index in [-0.39, 0.29) is 18.7 Å². The Morgan fingerprint density at radius 3 is 2.17 bits per heavy atom. The highest BCUT2D eigenvalue weighted by molar-refractivity contribution is 5.95. The molecule has 3 rings (SSSR count). The molecule has 3 aromatic carbocycles. The van der Waals surface area contributed by atoms with Crippen LogP contribution in [0.5, 0.6) is 23.0 Å². The Bertz CT molecular complexity index is 1210. The van der Waals surface area contributed by atoms with Crippen molar-refractivity contribution in [2.45, 2.75) is 19.8 Å². The lowest BCUT2D eigenvalue weighted by Crippen LogP contribution is -2.22. The van der Waals surface area contributed by atoms with Crippen molar-refractivity contribution < 1.29 is 33.3 Å². The van der Waals surface area contributed by atoms with E-state index in [0.29, 0.717) is 28.6 Å². The van der Waals surface area contributed by atoms with Crippen LogP contribution in [0.2, 0.25) is 0 Å². The number of ether oxygens (including phenoxy) is 4. The van der Waals surface area contributed by atoms with Gasteiger partial charge < -0.3 is 29.6 Å². The van der Waals surface area contributed by atoms with Crippen molar-refractivity contribution in [1.29, 1.82) is 0 Å². The number of esters is 1. The van der Waals surface area contributed by atoms with E-state index in [0.717, 1.165) is 11.3 Å². The molecule has 3 aromatic rings. The fraction of sp³-hybridized carbons (Fsp3) is 0.222. The average Bonchev–Trinajstić information content (AvgIpc) is 2.88. The number of hydrogen-bond acceptors (Lipinski definition) is 7. The van der Waals surface area contributed by atoms with Crippen LogP contribution in [0.3, 0.4) is 0 Å². The van der Waals surface area contributed by atoms with Crippen LogP contribution in [-0.4, -0.2) is 38.6 Å². The zero-order valence-electron chi connectivity index (χ0n) is 20.3. The summed E-state index contributed by atoms with van der Waals surface area (Å²) in [4.78, 5) is 36.3. The Kier molecular flexibility index (Phi) is 9.27. The summed E-state index contributed by atoms with van der Waals surface area (Å²) < 4.78 is 21.1. The minimum atomic E-state index is -0.667. The predicted octanol–water partition coefficient (Wildman–Crippen LogP) is 4.71. The molecule has 36 heavy (non-hydrogen) atoms. The van der Waals surface area contributed by atoms with Crippen molar-refractivity contribution in [2.75, 3.05) is 31.5 Å². The van der Waals surface area contributed by atoms with Gasteiger partial charge in [0.25, 0.3) is 5.91 Å². The molecule has 9 nitrogen and oxygen atoms in total. The quantitative estimate of drug-likeness (QED) is 0.373. The minimum Gasteiger partial charge on any atom is -0.497 e. The maximum Gasteiger partial charge on any atom is 0.306 e. The van der Waals surface area contributed by atoms with Crippen molar-refractivity contribution in [3.05, 3.63) is 72.3 Å². The van der Waals surface area contributed by atoms with Crippen LogP contribution < -0.4 is 24.8 Å². The topological polar surface area (TPSA) is 112 Å². The van der Waals surface area contributed by atoms with E-state index in [1.807, 2.05) is 31.2 Å². The van der Waals surface area contributed by atoms with Crippen molar-refractivity contribution in [3.8, 4) is 23.0 Å². The Morgan fingerprint density at radius 1 is 0.750 bits per heavy atom. The number of amides is 2. The monoisotopic (exact) mass is 492 g/mol. The molecule has 2 N–H and O–H groups in total. The Balaban J connectivity index is 1.40. The van der Waals surface area contributed by atoms with Gasteiger partial charge in [0.1, 0.15) is 23.0 Å². The first-order valence-corrected chi connectivity index (χ1v) is 11.2. The SMILES string of the molecule is COc1ccc(OC)c(NC(=O)COC(=O)CCC(=O)Nc2ccc(Oc3ccccc3C)cc2)c1. The molecular formula is C27H28N2O7. The number of carbonyl (C=O) groups is 3. The maximum atomic E-state index is 12.2. The smallest absolute Gasteiger partial charge is 0.306 e. The number of nitrogens with one attached hydrogen (secondary N) is 2. The highest BCUT2D eigenvalue weighted by atomic mass is 16.5. The molecule has 0 saturated heterocycles. The lowest BCUT2D eigenvalue weighted by molar-refractivity contribution is -0.147. The van der Waals surface area contributed by atoms with Gasteiger partial charge in [-0.05, 0) is 55.0 Å². The van der Waals surface area contributed by atoms with E-state index >= 15 is 0 Å². The van der Waals surface area contributed by atoms with Gasteiger partial charge in [-0.25, -0.2) is 0 Å². The van der Waals surface area contributed by atoms with Crippen LogP contribution in [0.1, 0.15) is 18.4 Å². The van der Waals surface area contributed by atoms with Crippen LogP contribution in [0, 0.1) is 6.92 Å². The largest absolute Gasteiger partial charge is 0.497 e. The van der Waals surface area contributed by atoms with E-state index in [1.165, 1.54) is 14.2 Å². The van der Waals surface area contributed by atoms with Gasteiger partial charge >= 0.3 is 5.97 Å². The summed E-state index contributed by atoms with van der Waals surface area (Å²) in [6.45, 7) is 1.46. The first-order valence-electron chi connectivity index (χ1n) is 11.2. The number of aryl methyl sites for hydroxylation is 1. The molecule has 0 aliphatic carbocycles. The highest BCUT2D eigenvalue weighted by Crippen LogP contribution is 2.29. The summed E-state index contributed by atoms with van der Waals surface area (Å²) in [5.74, 6) is 0.779. The number of benzene rings is 3. The number of para-hydroxylation sites is 1. The summed E-state index contributed by atoms with van der Waals surface area (Å²) in [5.41, 5.74) is 1.96. The van der Waals surface area contributed by atoms with Gasteiger partial charge in [0.15, 0.2) is 6.61 Å². The zero-order valence-corrected chi connectivity index (χ0v) is 20.3. The van der Waals surface area contributed by atoms with Crippen molar-refractivity contribution >= 4 is 29.2 Å². The van der Waals surface area contributed by atoms with Crippen molar-refractivity contribution in [3.63, 3.8) is 0 Å². The molecule has 0 heterocycles. The van der Waals surface area contributed by atoms with E-state index in [2.05, 4.69) is 10.6 Å². The molecule has 0 fully saturated rings. The summed E-state index contributed by atoms with van der Waals surface area (Å²) in [6, 6.07) is 19.5. The summed E-state index contributed by atoms with van der Waals surface area (Å²) >= 11 is 0. The molecule has 2 amide bonds. The Labute approximate surface area is 209 Å². The molecule has 0 spiro atoms. The second-order valence-corrected chi connectivity index (χ2v) is 7.72. The van der Waals surface area contributed by atoms with Gasteiger partial charge in [-0.3, -0.25) is 14.4 Å². The van der Waals surface area contributed by atoms with Crippen LogP contribution in [0.15, 0.2) is 66.7 Å². The molecule has 9 heteroatoms. The molecule has 0 bridgehead atoms. The number of hydrogen-bond donors (Lipinski definition) is 2. The van der Waals surface area contributed by atoms with E-state index in [9.17, 15) is 14.4 Å². The number of rotatable bonds is 11. The fourth-order valence-corrected chi connectivity index (χ4v) is 3.16. The minimum absolute atomic E-state index is 0.0916. The molecule has 0 saturated carbocycles. The van der Waals surface area contributed by atoms with Gasteiger partial charge in [0.2, 0.25) is 5.91 Å². The van der Waals surface area contributed by atoms with Gasteiger partial charge in [-0.1, -0.05) is 18.2 Å². The zero-order chi connectivity index (χ0) is 25.9. The Morgan fingerprint density at radius 2 is 1.47 bits per heavy atom. The number of carbonyl (C=O) groups excluding carboxylic acids is 3. The lowest BCUT2D eigenvalue weighted by atomic mass is 10.2. The molecular weight excluding hydrogens is 464 g/mol. The summed E-state index contributed by atoms with van der Waals surface area (Å²) in [7, 11) is 2.97. The second kappa shape index (κ2) is 12.8. The van der Waals surface area contributed by atoms with Crippen LogP contribution >= 0.6 is 0 Å². The average molecular weight is 493 g/mol. The van der Waals surface area contributed by atoms with Gasteiger partial charge in [0, 0.05) is 18.2 Å². The third kappa shape index (κ3) is 7.76. The third-order valence-corrected chi connectivity index (χ3v) is 5.06. The predicted molar refractivity (Wildman–Crippen MR) is 135 cm³/mol. The number of anilines is 2. The molecule has 0 aromatic heterocycles. The molecule has 0 radical (unpaired) electrons. The molecule has 0 atom stereocenters. The standard InChI is InChI=1S/C27H28N2O7/c1-18-6-4-5-7-23(18)36-20-10-8-19(9-11-20)28-25(30)14-15-27(32)35-17-26(31)29-22-16-21(33-2)12-13-24(22)34-3/h4-13,16H,14-15,17H2,1-3H3,(H,28,30)(H,29,31). The fourth-order valence-electron chi connectivity index (χ4n) is 3.16. The second-order valence-electron chi connectivity index (χ2n) is 7.72. The Hall–Kier alpha value is -4.53. The van der Waals surface area contributed by atoms with E-state index in [1.54, 1.807) is 42.5 Å². The van der Waals surface area contributed by atoms with E-state index in [4.69, 9.17) is 18.9 Å². The van der Waals surface area contributed by atoms with Gasteiger partial charge in [-0.15, -0.1) is 0 Å².